The lowest BCUT2D eigenvalue weighted by atomic mass is 10.1. The Kier molecular flexibility index (Phi) is 3.79. The first-order valence-corrected chi connectivity index (χ1v) is 6.03. The summed E-state index contributed by atoms with van der Waals surface area (Å²) < 4.78 is 37.9. The molecule has 1 nitrogen and oxygen atoms in total. The Hall–Kier alpha value is -1.97. The standard InChI is InChI=1S/C15H14F3N/c1-2-11-6-3-4-9-14(11)19-13-8-5-7-12(10-13)15(16,17)18/h3-10,19H,2H2,1H3. The molecule has 4 heteroatoms. The molecule has 0 aliphatic heterocycles. The van der Waals surface area contributed by atoms with Gasteiger partial charge in [0.05, 0.1) is 5.56 Å². The summed E-state index contributed by atoms with van der Waals surface area (Å²) in [7, 11) is 0. The van der Waals surface area contributed by atoms with E-state index in [-0.39, 0.29) is 0 Å². The molecule has 0 radical (unpaired) electrons. The zero-order valence-electron chi connectivity index (χ0n) is 10.5. The Labute approximate surface area is 110 Å². The minimum atomic E-state index is -4.32. The summed E-state index contributed by atoms with van der Waals surface area (Å²) in [5.41, 5.74) is 1.70. The number of rotatable bonds is 3. The van der Waals surface area contributed by atoms with E-state index in [4.69, 9.17) is 0 Å². The van der Waals surface area contributed by atoms with Gasteiger partial charge in [-0.25, -0.2) is 0 Å². The van der Waals surface area contributed by atoms with E-state index in [1.807, 2.05) is 31.2 Å². The molecule has 0 saturated carbocycles. The van der Waals surface area contributed by atoms with Crippen LogP contribution in [0.1, 0.15) is 18.1 Å². The Balaban J connectivity index is 2.29. The number of benzene rings is 2. The van der Waals surface area contributed by atoms with Crippen LogP contribution in [0.4, 0.5) is 24.5 Å². The van der Waals surface area contributed by atoms with Crippen molar-refractivity contribution in [2.75, 3.05) is 5.32 Å². The highest BCUT2D eigenvalue weighted by atomic mass is 19.4. The fraction of sp³-hybridized carbons (Fsp3) is 0.200. The van der Waals surface area contributed by atoms with Crippen molar-refractivity contribution in [2.45, 2.75) is 19.5 Å². The van der Waals surface area contributed by atoms with Crippen LogP contribution in [-0.2, 0) is 12.6 Å². The number of hydrogen-bond acceptors (Lipinski definition) is 1. The number of nitrogens with one attached hydrogen (secondary N) is 1. The zero-order chi connectivity index (χ0) is 13.9. The van der Waals surface area contributed by atoms with Crippen LogP contribution < -0.4 is 5.32 Å². The summed E-state index contributed by atoms with van der Waals surface area (Å²) in [6.45, 7) is 2.01. The van der Waals surface area contributed by atoms with Gasteiger partial charge in [-0.05, 0) is 36.2 Å². The Morgan fingerprint density at radius 1 is 1.00 bits per heavy atom. The average molecular weight is 265 g/mol. The van der Waals surface area contributed by atoms with Gasteiger partial charge in [0.2, 0.25) is 0 Å². The second-order valence-electron chi connectivity index (χ2n) is 4.21. The van der Waals surface area contributed by atoms with Crippen LogP contribution in [-0.4, -0.2) is 0 Å². The molecule has 0 bridgehead atoms. The van der Waals surface area contributed by atoms with Gasteiger partial charge in [-0.2, -0.15) is 13.2 Å². The molecule has 0 fully saturated rings. The minimum Gasteiger partial charge on any atom is -0.355 e. The maximum atomic E-state index is 12.6. The Morgan fingerprint density at radius 3 is 2.42 bits per heavy atom. The maximum absolute atomic E-state index is 12.6. The normalized spacial score (nSPS) is 11.4. The van der Waals surface area contributed by atoms with Crippen LogP contribution in [0.2, 0.25) is 0 Å². The smallest absolute Gasteiger partial charge is 0.355 e. The number of anilines is 2. The number of para-hydroxylation sites is 1. The van der Waals surface area contributed by atoms with Gasteiger partial charge in [0.1, 0.15) is 0 Å². The van der Waals surface area contributed by atoms with E-state index in [1.165, 1.54) is 6.07 Å². The van der Waals surface area contributed by atoms with Crippen molar-refractivity contribution in [1.29, 1.82) is 0 Å². The molecule has 1 N–H and O–H groups in total. The first-order chi connectivity index (χ1) is 9.00. The fourth-order valence-electron chi connectivity index (χ4n) is 1.88. The summed E-state index contributed by atoms with van der Waals surface area (Å²) in [5.74, 6) is 0. The van der Waals surface area contributed by atoms with Crippen molar-refractivity contribution in [3.05, 3.63) is 59.7 Å². The van der Waals surface area contributed by atoms with E-state index < -0.39 is 11.7 Å². The predicted molar refractivity (Wildman–Crippen MR) is 70.5 cm³/mol. The third kappa shape index (κ3) is 3.28. The highest BCUT2D eigenvalue weighted by molar-refractivity contribution is 5.63. The molecule has 0 aliphatic carbocycles. The second-order valence-corrected chi connectivity index (χ2v) is 4.21. The molecule has 0 aromatic heterocycles. The lowest BCUT2D eigenvalue weighted by Gasteiger charge is -2.13. The summed E-state index contributed by atoms with van der Waals surface area (Å²) in [6.07, 6.45) is -3.50. The van der Waals surface area contributed by atoms with Crippen molar-refractivity contribution in [3.63, 3.8) is 0 Å². The second kappa shape index (κ2) is 5.34. The van der Waals surface area contributed by atoms with Gasteiger partial charge in [-0.15, -0.1) is 0 Å². The molecular weight excluding hydrogens is 251 g/mol. The number of hydrogen-bond donors (Lipinski definition) is 1. The highest BCUT2D eigenvalue weighted by Gasteiger charge is 2.30. The molecule has 2 rings (SSSR count). The van der Waals surface area contributed by atoms with Gasteiger partial charge in [0, 0.05) is 11.4 Å². The molecule has 0 spiro atoms. The van der Waals surface area contributed by atoms with Crippen molar-refractivity contribution in [2.24, 2.45) is 0 Å². The van der Waals surface area contributed by atoms with Crippen molar-refractivity contribution < 1.29 is 13.2 Å². The van der Waals surface area contributed by atoms with Gasteiger partial charge in [0.25, 0.3) is 0 Å². The molecule has 0 saturated heterocycles. The van der Waals surface area contributed by atoms with E-state index in [0.29, 0.717) is 5.69 Å². The van der Waals surface area contributed by atoms with Crippen LogP contribution in [0, 0.1) is 0 Å². The molecule has 2 aromatic carbocycles. The molecule has 2 aromatic rings. The molecule has 0 unspecified atom stereocenters. The largest absolute Gasteiger partial charge is 0.416 e. The van der Waals surface area contributed by atoms with E-state index in [2.05, 4.69) is 5.32 Å². The molecular formula is C15H14F3N. The van der Waals surface area contributed by atoms with Gasteiger partial charge >= 0.3 is 6.18 Å². The molecule has 0 amide bonds. The van der Waals surface area contributed by atoms with Gasteiger partial charge in [0.15, 0.2) is 0 Å². The van der Waals surface area contributed by atoms with E-state index in [9.17, 15) is 13.2 Å². The lowest BCUT2D eigenvalue weighted by molar-refractivity contribution is -0.137. The maximum Gasteiger partial charge on any atom is 0.416 e. The van der Waals surface area contributed by atoms with Gasteiger partial charge in [-0.1, -0.05) is 31.2 Å². The molecule has 0 aliphatic rings. The minimum absolute atomic E-state index is 0.440. The quantitative estimate of drug-likeness (QED) is 0.822. The van der Waals surface area contributed by atoms with E-state index >= 15 is 0 Å². The van der Waals surface area contributed by atoms with E-state index in [1.54, 1.807) is 6.07 Å². The predicted octanol–water partition coefficient (Wildman–Crippen LogP) is 5.01. The zero-order valence-corrected chi connectivity index (χ0v) is 10.5. The van der Waals surface area contributed by atoms with Crippen LogP contribution in [0.25, 0.3) is 0 Å². The average Bonchev–Trinajstić information content (AvgIpc) is 2.39. The monoisotopic (exact) mass is 265 g/mol. The van der Waals surface area contributed by atoms with Gasteiger partial charge in [-0.3, -0.25) is 0 Å². The van der Waals surface area contributed by atoms with Crippen LogP contribution in [0.5, 0.6) is 0 Å². The lowest BCUT2D eigenvalue weighted by Crippen LogP contribution is -2.05. The number of halogens is 3. The topological polar surface area (TPSA) is 12.0 Å². The first kappa shape index (κ1) is 13.5. The Bertz CT molecular complexity index is 561. The SMILES string of the molecule is CCc1ccccc1Nc1cccc(C(F)(F)F)c1. The third-order valence-corrected chi connectivity index (χ3v) is 2.87. The van der Waals surface area contributed by atoms with Crippen LogP contribution in [0.15, 0.2) is 48.5 Å². The summed E-state index contributed by atoms with van der Waals surface area (Å²) in [5, 5.41) is 3.04. The van der Waals surface area contributed by atoms with Crippen molar-refractivity contribution in [3.8, 4) is 0 Å². The molecule has 19 heavy (non-hydrogen) atoms. The molecule has 100 valence electrons. The van der Waals surface area contributed by atoms with Crippen LogP contribution >= 0.6 is 0 Å². The first-order valence-electron chi connectivity index (χ1n) is 6.03. The van der Waals surface area contributed by atoms with Crippen LogP contribution in [0.3, 0.4) is 0 Å². The highest BCUT2D eigenvalue weighted by Crippen LogP contribution is 2.31. The fourth-order valence-corrected chi connectivity index (χ4v) is 1.88. The Morgan fingerprint density at radius 2 is 1.74 bits per heavy atom. The van der Waals surface area contributed by atoms with Crippen molar-refractivity contribution >= 4 is 11.4 Å². The van der Waals surface area contributed by atoms with Gasteiger partial charge < -0.3 is 5.32 Å². The number of alkyl halides is 3. The molecule has 0 atom stereocenters. The summed E-state index contributed by atoms with van der Waals surface area (Å²) in [4.78, 5) is 0. The summed E-state index contributed by atoms with van der Waals surface area (Å²) >= 11 is 0. The van der Waals surface area contributed by atoms with E-state index in [0.717, 1.165) is 29.8 Å². The summed E-state index contributed by atoms with van der Waals surface area (Å²) in [6, 6.07) is 12.8. The third-order valence-electron chi connectivity index (χ3n) is 2.87. The number of aryl methyl sites for hydroxylation is 1. The molecule has 0 heterocycles. The van der Waals surface area contributed by atoms with Crippen molar-refractivity contribution in [1.82, 2.24) is 0 Å².